The quantitative estimate of drug-likeness (QED) is 0.234. The SMILES string of the molecule is COC(=O)N[C@H](C(=O)N1C[C@@H](C)C[C@H]1C1=NC=C(c2ccc(-c3ccc(C4=CN=C([C@@H]5C[C@H](C)CN5C(=O)[C@H](NC(=O)OC)C(C)C)C4)cc3)c3c2C2CCC3O2)C1)C(C)C. The number of ether oxygens (including phenoxy) is 3. The fourth-order valence-electron chi connectivity index (χ4n) is 10.4. The molecule has 0 aliphatic carbocycles. The van der Waals surface area contributed by atoms with Gasteiger partial charge in [-0.15, -0.1) is 0 Å². The average molecular weight is 833 g/mol. The summed E-state index contributed by atoms with van der Waals surface area (Å²) in [7, 11) is 2.62. The molecule has 8 atom stereocenters. The van der Waals surface area contributed by atoms with Gasteiger partial charge in [0.25, 0.3) is 0 Å². The predicted molar refractivity (Wildman–Crippen MR) is 235 cm³/mol. The van der Waals surface area contributed by atoms with Gasteiger partial charge in [0.05, 0.1) is 38.5 Å². The molecule has 13 heteroatoms. The highest BCUT2D eigenvalue weighted by molar-refractivity contribution is 6.05. The zero-order valence-corrected chi connectivity index (χ0v) is 36.7. The van der Waals surface area contributed by atoms with Crippen LogP contribution in [-0.4, -0.2) is 96.7 Å². The van der Waals surface area contributed by atoms with E-state index in [1.165, 1.54) is 36.5 Å². The highest BCUT2D eigenvalue weighted by Gasteiger charge is 2.45. The molecule has 0 aromatic heterocycles. The van der Waals surface area contributed by atoms with Gasteiger partial charge in [-0.3, -0.25) is 19.6 Å². The number of alkyl carbamates (subject to hydrolysis) is 2. The number of nitrogens with zero attached hydrogens (tertiary/aromatic N) is 4. The van der Waals surface area contributed by atoms with Gasteiger partial charge in [0.15, 0.2) is 0 Å². The third kappa shape index (κ3) is 8.13. The van der Waals surface area contributed by atoms with Crippen molar-refractivity contribution in [3.05, 3.63) is 71.1 Å². The number of carbonyl (C=O) groups is 4. The molecule has 6 aliphatic rings. The zero-order valence-electron chi connectivity index (χ0n) is 36.7. The summed E-state index contributed by atoms with van der Waals surface area (Å²) in [6.07, 6.45) is 7.74. The van der Waals surface area contributed by atoms with Crippen LogP contribution in [0.5, 0.6) is 0 Å². The molecule has 4 amide bonds. The molecule has 6 heterocycles. The molecule has 3 fully saturated rings. The van der Waals surface area contributed by atoms with E-state index in [1.54, 1.807) is 0 Å². The Bertz CT molecular complexity index is 2210. The van der Waals surface area contributed by atoms with Gasteiger partial charge >= 0.3 is 12.2 Å². The van der Waals surface area contributed by atoms with Crippen LogP contribution in [0.2, 0.25) is 0 Å². The van der Waals surface area contributed by atoms with E-state index < -0.39 is 24.3 Å². The predicted octanol–water partition coefficient (Wildman–Crippen LogP) is 7.87. The highest BCUT2D eigenvalue weighted by atomic mass is 16.5. The number of rotatable bonds is 11. The van der Waals surface area contributed by atoms with Crippen LogP contribution in [0.3, 0.4) is 0 Å². The van der Waals surface area contributed by atoms with Gasteiger partial charge < -0.3 is 34.6 Å². The van der Waals surface area contributed by atoms with Crippen LogP contribution in [0.25, 0.3) is 22.3 Å². The van der Waals surface area contributed by atoms with Crippen molar-refractivity contribution in [2.75, 3.05) is 27.3 Å². The summed E-state index contributed by atoms with van der Waals surface area (Å²) in [5, 5.41) is 5.51. The highest BCUT2D eigenvalue weighted by Crippen LogP contribution is 2.56. The summed E-state index contributed by atoms with van der Waals surface area (Å²) in [5.41, 5.74) is 11.3. The molecule has 2 aromatic rings. The second-order valence-corrected chi connectivity index (χ2v) is 18.6. The second-order valence-electron chi connectivity index (χ2n) is 18.6. The van der Waals surface area contributed by atoms with Crippen LogP contribution in [-0.2, 0) is 23.8 Å². The summed E-state index contributed by atoms with van der Waals surface area (Å²) in [4.78, 5) is 65.7. The van der Waals surface area contributed by atoms with Crippen LogP contribution in [0, 0.1) is 23.7 Å². The molecule has 0 spiro atoms. The number of nitrogens with one attached hydrogen (secondary N) is 2. The minimum absolute atomic E-state index is 0.0379. The first kappa shape index (κ1) is 42.4. The zero-order chi connectivity index (χ0) is 43.3. The lowest BCUT2D eigenvalue weighted by atomic mass is 9.80. The summed E-state index contributed by atoms with van der Waals surface area (Å²) in [6.45, 7) is 13.3. The van der Waals surface area contributed by atoms with Gasteiger partial charge in [-0.2, -0.15) is 0 Å². The smallest absolute Gasteiger partial charge is 0.407 e. The number of aliphatic imine (C=N–C) groups is 2. The van der Waals surface area contributed by atoms with Crippen LogP contribution >= 0.6 is 0 Å². The van der Waals surface area contributed by atoms with Gasteiger partial charge in [0.2, 0.25) is 11.8 Å². The molecule has 2 N–H and O–H groups in total. The minimum atomic E-state index is -0.682. The van der Waals surface area contributed by atoms with Gasteiger partial charge in [0, 0.05) is 49.8 Å². The Morgan fingerprint density at radius 3 is 1.59 bits per heavy atom. The molecule has 8 rings (SSSR count). The monoisotopic (exact) mass is 832 g/mol. The summed E-state index contributed by atoms with van der Waals surface area (Å²) >= 11 is 0. The fraction of sp³-hybridized carbons (Fsp3) is 0.542. The van der Waals surface area contributed by atoms with Crippen LogP contribution in [0.15, 0.2) is 58.8 Å². The number of methoxy groups -OCH3 is 2. The van der Waals surface area contributed by atoms with Crippen molar-refractivity contribution in [3.8, 4) is 11.1 Å². The van der Waals surface area contributed by atoms with E-state index in [-0.39, 0.29) is 47.9 Å². The molecule has 2 aromatic carbocycles. The van der Waals surface area contributed by atoms with E-state index in [0.29, 0.717) is 37.8 Å². The van der Waals surface area contributed by atoms with Crippen molar-refractivity contribution in [2.24, 2.45) is 33.7 Å². The number of likely N-dealkylation sites (tertiary alicyclic amines) is 2. The first-order valence-corrected chi connectivity index (χ1v) is 22.0. The molecule has 324 valence electrons. The van der Waals surface area contributed by atoms with Gasteiger partial charge in [-0.05, 0) is 93.9 Å². The normalized spacial score (nSPS) is 26.2. The van der Waals surface area contributed by atoms with Crippen LogP contribution in [0.1, 0.15) is 115 Å². The summed E-state index contributed by atoms with van der Waals surface area (Å²) < 4.78 is 16.2. The maximum Gasteiger partial charge on any atom is 0.407 e. The Morgan fingerprint density at radius 2 is 1.10 bits per heavy atom. The van der Waals surface area contributed by atoms with E-state index in [2.05, 4.69) is 60.9 Å². The number of hydrogen-bond donors (Lipinski definition) is 2. The lowest BCUT2D eigenvalue weighted by molar-refractivity contribution is -0.135. The van der Waals surface area contributed by atoms with Crippen molar-refractivity contribution < 1.29 is 33.4 Å². The summed E-state index contributed by atoms with van der Waals surface area (Å²) in [5.74, 6) is 0.227. The number of fused-ring (bicyclic) bond motifs is 5. The third-order valence-corrected chi connectivity index (χ3v) is 13.5. The first-order valence-electron chi connectivity index (χ1n) is 22.0. The van der Waals surface area contributed by atoms with Gasteiger partial charge in [0.1, 0.15) is 12.1 Å². The standard InChI is InChI=1S/C48H60N6O7/c1-25(2)43(51-47(57)59-7)45(55)53-23-27(5)17-37(53)35-19-31(21-49-35)29-9-11-30(12-10-29)33-13-14-34(42-40-16-15-39(61-40)41(33)42)32-20-36(50-22-32)38-18-28(6)24-54(38)46(56)44(26(3)4)52-48(58)60-8/h9-14,21-22,25-28,37-40,43-44H,15-20,23-24H2,1-8H3,(H,51,57)(H,52,58)/t27-,28-,37-,38-,39?,40?,43+,44-/m0/s1. The Balaban J connectivity index is 0.966. The maximum absolute atomic E-state index is 13.9. The third-order valence-electron chi connectivity index (χ3n) is 13.5. The number of carbonyl (C=O) groups excluding carboxylic acids is 4. The number of amides is 4. The Hall–Kier alpha value is -5.30. The van der Waals surface area contributed by atoms with Crippen molar-refractivity contribution in [1.82, 2.24) is 20.4 Å². The number of allylic oxidation sites excluding steroid dienone is 2. The molecule has 6 aliphatic heterocycles. The van der Waals surface area contributed by atoms with E-state index in [1.807, 2.05) is 49.9 Å². The number of hydrogen-bond acceptors (Lipinski definition) is 9. The van der Waals surface area contributed by atoms with E-state index in [4.69, 9.17) is 24.2 Å². The average Bonchev–Trinajstić information content (AvgIpc) is 4.12. The largest absolute Gasteiger partial charge is 0.453 e. The first-order chi connectivity index (χ1) is 29.3. The summed E-state index contributed by atoms with van der Waals surface area (Å²) in [6, 6.07) is 11.6. The molecule has 2 bridgehead atoms. The van der Waals surface area contributed by atoms with E-state index in [9.17, 15) is 19.2 Å². The fourth-order valence-corrected chi connectivity index (χ4v) is 10.4. The molecule has 0 saturated carbocycles. The van der Waals surface area contributed by atoms with Crippen molar-refractivity contribution >= 4 is 46.6 Å². The molecule has 2 unspecified atom stereocenters. The molecular formula is C48H60N6O7. The topological polar surface area (TPSA) is 151 Å². The number of benzene rings is 2. The Morgan fingerprint density at radius 1 is 0.656 bits per heavy atom. The van der Waals surface area contributed by atoms with E-state index in [0.717, 1.165) is 59.4 Å². The van der Waals surface area contributed by atoms with Crippen LogP contribution < -0.4 is 10.6 Å². The minimum Gasteiger partial charge on any atom is -0.453 e. The lowest BCUT2D eigenvalue weighted by Gasteiger charge is -2.31. The molecule has 3 saturated heterocycles. The molecule has 61 heavy (non-hydrogen) atoms. The Labute approximate surface area is 359 Å². The molecule has 13 nitrogen and oxygen atoms in total. The van der Waals surface area contributed by atoms with Gasteiger partial charge in [-0.25, -0.2) is 9.59 Å². The second kappa shape index (κ2) is 17.2. The molecule has 0 radical (unpaired) electrons. The van der Waals surface area contributed by atoms with E-state index >= 15 is 0 Å². The van der Waals surface area contributed by atoms with Gasteiger partial charge in [-0.1, -0.05) is 77.9 Å². The van der Waals surface area contributed by atoms with Crippen molar-refractivity contribution in [1.29, 1.82) is 0 Å². The Kier molecular flexibility index (Phi) is 12.0. The maximum atomic E-state index is 13.9. The molecular weight excluding hydrogens is 773 g/mol. The van der Waals surface area contributed by atoms with Crippen molar-refractivity contribution in [3.63, 3.8) is 0 Å². The lowest BCUT2D eigenvalue weighted by Crippen LogP contribution is -2.53. The van der Waals surface area contributed by atoms with Crippen molar-refractivity contribution in [2.45, 2.75) is 116 Å². The van der Waals surface area contributed by atoms with Crippen LogP contribution in [0.4, 0.5) is 9.59 Å².